The molecular weight excluding hydrogens is 416 g/mol. The molecule has 0 unspecified atom stereocenters. The summed E-state index contributed by atoms with van der Waals surface area (Å²) in [5, 5.41) is 32.5. The number of nitro groups is 2. The number of non-ortho nitro benzene ring substituents is 2. The van der Waals surface area contributed by atoms with Gasteiger partial charge in [0.05, 0.1) is 15.5 Å². The third-order valence-electron chi connectivity index (χ3n) is 4.57. The van der Waals surface area contributed by atoms with E-state index in [2.05, 4.69) is 15.6 Å². The van der Waals surface area contributed by atoms with Crippen LogP contribution in [0.1, 0.15) is 10.5 Å². The molecule has 0 aliphatic heterocycles. The van der Waals surface area contributed by atoms with Crippen LogP contribution < -0.4 is 5.32 Å². The Bertz CT molecular complexity index is 1300. The summed E-state index contributed by atoms with van der Waals surface area (Å²) in [6, 6.07) is 20.0. The van der Waals surface area contributed by atoms with Gasteiger partial charge in [0, 0.05) is 35.5 Å². The minimum Gasteiger partial charge on any atom is -0.321 e. The van der Waals surface area contributed by atoms with E-state index in [1.165, 1.54) is 53.2 Å². The molecule has 11 heteroatoms. The zero-order chi connectivity index (χ0) is 22.7. The molecule has 0 fully saturated rings. The van der Waals surface area contributed by atoms with Gasteiger partial charge in [0.25, 0.3) is 17.3 Å². The lowest BCUT2D eigenvalue weighted by molar-refractivity contribution is -0.385. The fourth-order valence-electron chi connectivity index (χ4n) is 3.04. The molecule has 0 aliphatic rings. The lowest BCUT2D eigenvalue weighted by Gasteiger charge is -2.09. The Morgan fingerprint density at radius 2 is 1.38 bits per heavy atom. The molecule has 1 heterocycles. The highest BCUT2D eigenvalue weighted by atomic mass is 16.6. The molecule has 0 saturated carbocycles. The SMILES string of the molecule is O=C(Nc1ccc([N+](=O)[O-])cc1)c1nnn(-c2ccc([N+](=O)[O-])cc2)c1-c1ccccc1. The first-order valence-corrected chi connectivity index (χ1v) is 9.26. The predicted molar refractivity (Wildman–Crippen MR) is 114 cm³/mol. The standard InChI is InChI=1S/C21H14N6O5/c28-21(22-15-6-8-17(9-7-15)26(29)30)19-20(14-4-2-1-3-5-14)25(24-23-19)16-10-12-18(13-11-16)27(31)32/h1-13H,(H,22,28). The highest BCUT2D eigenvalue weighted by Gasteiger charge is 2.23. The molecule has 0 bridgehead atoms. The summed E-state index contributed by atoms with van der Waals surface area (Å²) in [5.74, 6) is -0.564. The quantitative estimate of drug-likeness (QED) is 0.359. The van der Waals surface area contributed by atoms with Gasteiger partial charge in [0.2, 0.25) is 0 Å². The van der Waals surface area contributed by atoms with E-state index >= 15 is 0 Å². The fourth-order valence-corrected chi connectivity index (χ4v) is 3.04. The van der Waals surface area contributed by atoms with E-state index in [-0.39, 0.29) is 17.1 Å². The molecule has 0 radical (unpaired) electrons. The van der Waals surface area contributed by atoms with Crippen molar-refractivity contribution in [2.24, 2.45) is 0 Å². The van der Waals surface area contributed by atoms with Crippen LogP contribution in [0, 0.1) is 20.2 Å². The lowest BCUT2D eigenvalue weighted by atomic mass is 10.1. The molecule has 1 amide bonds. The zero-order valence-corrected chi connectivity index (χ0v) is 16.3. The maximum absolute atomic E-state index is 13.0. The second kappa shape index (κ2) is 8.44. The average molecular weight is 430 g/mol. The summed E-state index contributed by atoms with van der Waals surface area (Å²) in [6.07, 6.45) is 0. The number of carbonyl (C=O) groups is 1. The molecule has 0 atom stereocenters. The van der Waals surface area contributed by atoms with E-state index in [1.807, 2.05) is 6.07 Å². The van der Waals surface area contributed by atoms with Gasteiger partial charge in [-0.25, -0.2) is 4.68 Å². The first-order chi connectivity index (χ1) is 15.4. The van der Waals surface area contributed by atoms with Crippen LogP contribution in [-0.2, 0) is 0 Å². The Morgan fingerprint density at radius 1 is 0.812 bits per heavy atom. The van der Waals surface area contributed by atoms with E-state index in [0.717, 1.165) is 0 Å². The smallest absolute Gasteiger partial charge is 0.278 e. The molecule has 4 rings (SSSR count). The molecular formula is C21H14N6O5. The summed E-state index contributed by atoms with van der Waals surface area (Å²) in [6.45, 7) is 0. The molecule has 1 aromatic heterocycles. The van der Waals surface area contributed by atoms with Gasteiger partial charge in [-0.3, -0.25) is 25.0 Å². The molecule has 32 heavy (non-hydrogen) atoms. The fraction of sp³-hybridized carbons (Fsp3) is 0. The Morgan fingerprint density at radius 3 is 1.94 bits per heavy atom. The van der Waals surface area contributed by atoms with Gasteiger partial charge in [0.15, 0.2) is 5.69 Å². The average Bonchev–Trinajstić information content (AvgIpc) is 3.25. The molecule has 11 nitrogen and oxygen atoms in total. The first-order valence-electron chi connectivity index (χ1n) is 9.26. The van der Waals surface area contributed by atoms with Crippen LogP contribution in [0.3, 0.4) is 0 Å². The second-order valence-corrected chi connectivity index (χ2v) is 6.60. The van der Waals surface area contributed by atoms with Crippen LogP contribution in [0.4, 0.5) is 17.1 Å². The summed E-state index contributed by atoms with van der Waals surface area (Å²) in [4.78, 5) is 33.7. The van der Waals surface area contributed by atoms with Crippen LogP contribution in [0.2, 0.25) is 0 Å². The normalized spacial score (nSPS) is 10.5. The predicted octanol–water partition coefficient (Wildman–Crippen LogP) is 4.00. The monoisotopic (exact) mass is 430 g/mol. The molecule has 0 saturated heterocycles. The van der Waals surface area contributed by atoms with Gasteiger partial charge in [-0.15, -0.1) is 5.10 Å². The number of nitrogens with zero attached hydrogens (tertiary/aromatic N) is 5. The van der Waals surface area contributed by atoms with E-state index in [1.54, 1.807) is 24.3 Å². The molecule has 1 N–H and O–H groups in total. The van der Waals surface area contributed by atoms with Crippen molar-refractivity contribution in [3.05, 3.63) is 105 Å². The van der Waals surface area contributed by atoms with Crippen molar-refractivity contribution < 1.29 is 14.6 Å². The Balaban J connectivity index is 1.73. The van der Waals surface area contributed by atoms with Crippen LogP contribution in [0.5, 0.6) is 0 Å². The molecule has 0 aliphatic carbocycles. The van der Waals surface area contributed by atoms with Crippen LogP contribution in [0.25, 0.3) is 16.9 Å². The number of carbonyl (C=O) groups excluding carboxylic acids is 1. The molecule has 158 valence electrons. The van der Waals surface area contributed by atoms with Gasteiger partial charge in [0.1, 0.15) is 5.69 Å². The lowest BCUT2D eigenvalue weighted by Crippen LogP contribution is -2.14. The third-order valence-corrected chi connectivity index (χ3v) is 4.57. The summed E-state index contributed by atoms with van der Waals surface area (Å²) >= 11 is 0. The summed E-state index contributed by atoms with van der Waals surface area (Å²) < 4.78 is 1.42. The van der Waals surface area contributed by atoms with E-state index < -0.39 is 15.8 Å². The van der Waals surface area contributed by atoms with Crippen LogP contribution in [0.15, 0.2) is 78.9 Å². The number of nitro benzene ring substituents is 2. The van der Waals surface area contributed by atoms with Crippen LogP contribution >= 0.6 is 0 Å². The highest BCUT2D eigenvalue weighted by molar-refractivity contribution is 6.06. The molecule has 3 aromatic carbocycles. The van der Waals surface area contributed by atoms with Crippen molar-refractivity contribution in [2.75, 3.05) is 5.32 Å². The maximum atomic E-state index is 13.0. The van der Waals surface area contributed by atoms with Gasteiger partial charge >= 0.3 is 0 Å². The van der Waals surface area contributed by atoms with Crippen molar-refractivity contribution in [3.63, 3.8) is 0 Å². The largest absolute Gasteiger partial charge is 0.321 e. The van der Waals surface area contributed by atoms with Gasteiger partial charge in [-0.2, -0.15) is 0 Å². The van der Waals surface area contributed by atoms with Gasteiger partial charge < -0.3 is 5.32 Å². The van der Waals surface area contributed by atoms with Crippen molar-refractivity contribution >= 4 is 23.0 Å². The van der Waals surface area contributed by atoms with Gasteiger partial charge in [-0.05, 0) is 24.3 Å². The zero-order valence-electron chi connectivity index (χ0n) is 16.3. The Hall–Kier alpha value is -4.93. The number of aromatic nitrogens is 3. The number of anilines is 1. The summed E-state index contributed by atoms with van der Waals surface area (Å²) in [7, 11) is 0. The molecule has 4 aromatic rings. The molecule has 0 spiro atoms. The number of amides is 1. The van der Waals surface area contributed by atoms with E-state index in [4.69, 9.17) is 0 Å². The van der Waals surface area contributed by atoms with Crippen molar-refractivity contribution in [1.82, 2.24) is 15.0 Å². The number of benzene rings is 3. The van der Waals surface area contributed by atoms with Crippen molar-refractivity contribution in [3.8, 4) is 16.9 Å². The summed E-state index contributed by atoms with van der Waals surface area (Å²) in [5.41, 5.74) is 1.72. The van der Waals surface area contributed by atoms with E-state index in [0.29, 0.717) is 22.6 Å². The Labute approximate surface area is 180 Å². The number of rotatable bonds is 6. The number of nitrogens with one attached hydrogen (secondary N) is 1. The Kier molecular flexibility index (Phi) is 5.36. The van der Waals surface area contributed by atoms with Gasteiger partial charge in [-0.1, -0.05) is 35.5 Å². The number of hydrogen-bond acceptors (Lipinski definition) is 7. The maximum Gasteiger partial charge on any atom is 0.278 e. The highest BCUT2D eigenvalue weighted by Crippen LogP contribution is 2.27. The topological polar surface area (TPSA) is 146 Å². The van der Waals surface area contributed by atoms with Crippen LogP contribution in [-0.4, -0.2) is 30.7 Å². The third kappa shape index (κ3) is 4.03. The first kappa shape index (κ1) is 20.3. The minimum absolute atomic E-state index is 0.0212. The van der Waals surface area contributed by atoms with E-state index in [9.17, 15) is 25.0 Å². The van der Waals surface area contributed by atoms with Crippen molar-refractivity contribution in [2.45, 2.75) is 0 Å². The second-order valence-electron chi connectivity index (χ2n) is 6.60. The minimum atomic E-state index is -0.564. The number of hydrogen-bond donors (Lipinski definition) is 1. The van der Waals surface area contributed by atoms with Crippen molar-refractivity contribution in [1.29, 1.82) is 0 Å².